The van der Waals surface area contributed by atoms with Crippen LogP contribution in [0.25, 0.3) is 22.4 Å². The monoisotopic (exact) mass is 466 g/mol. The fourth-order valence-corrected chi connectivity index (χ4v) is 4.69. The van der Waals surface area contributed by atoms with Crippen molar-refractivity contribution < 1.29 is 14.6 Å². The number of carboxylic acid groups (broad SMARTS) is 1. The van der Waals surface area contributed by atoms with Crippen LogP contribution < -0.4 is 5.56 Å². The number of carbonyl (C=O) groups is 1. The van der Waals surface area contributed by atoms with Gasteiger partial charge in [0.25, 0.3) is 5.56 Å². The van der Waals surface area contributed by atoms with Gasteiger partial charge in [-0.3, -0.25) is 4.79 Å². The molecule has 3 aromatic rings. The van der Waals surface area contributed by atoms with Crippen LogP contribution in [0.1, 0.15) is 25.7 Å². The quantitative estimate of drug-likeness (QED) is 0.497. The van der Waals surface area contributed by atoms with Crippen molar-refractivity contribution in [3.8, 4) is 22.4 Å². The van der Waals surface area contributed by atoms with Crippen molar-refractivity contribution in [3.05, 3.63) is 76.0 Å². The Morgan fingerprint density at radius 3 is 2.36 bits per heavy atom. The summed E-state index contributed by atoms with van der Waals surface area (Å²) in [6.07, 6.45) is 3.84. The van der Waals surface area contributed by atoms with Crippen LogP contribution in [0.2, 0.25) is 5.02 Å². The number of carboxylic acids is 1. The van der Waals surface area contributed by atoms with Gasteiger partial charge in [-0.2, -0.15) is 5.10 Å². The number of benzene rings is 2. The number of hydrogen-bond acceptors (Lipinski definition) is 4. The second-order valence-electron chi connectivity index (χ2n) is 8.57. The lowest BCUT2D eigenvalue weighted by atomic mass is 9.82. The van der Waals surface area contributed by atoms with Gasteiger partial charge in [0.2, 0.25) is 0 Å². The first kappa shape index (κ1) is 23.2. The molecule has 1 saturated carbocycles. The molecular weight excluding hydrogens is 440 g/mol. The van der Waals surface area contributed by atoms with Gasteiger partial charge in [0.05, 0.1) is 12.3 Å². The summed E-state index contributed by atoms with van der Waals surface area (Å²) in [6.45, 7) is 0.783. The molecule has 1 aromatic heterocycles. The van der Waals surface area contributed by atoms with Crippen molar-refractivity contribution >= 4 is 17.6 Å². The Bertz CT molecular complexity index is 1150. The maximum atomic E-state index is 13.0. The lowest BCUT2D eigenvalue weighted by Gasteiger charge is -2.28. The average Bonchev–Trinajstić information content (AvgIpc) is 2.82. The third-order valence-electron chi connectivity index (χ3n) is 6.19. The largest absolute Gasteiger partial charge is 0.480 e. The first-order valence-corrected chi connectivity index (χ1v) is 11.6. The average molecular weight is 467 g/mol. The van der Waals surface area contributed by atoms with Gasteiger partial charge < -0.3 is 9.84 Å². The van der Waals surface area contributed by atoms with Crippen LogP contribution in [-0.4, -0.2) is 34.1 Å². The number of aromatic nitrogens is 2. The molecule has 1 fully saturated rings. The first-order chi connectivity index (χ1) is 16.0. The number of nitrogens with zero attached hydrogens (tertiary/aromatic N) is 2. The summed E-state index contributed by atoms with van der Waals surface area (Å²) in [6, 6.07) is 19.0. The molecule has 172 valence electrons. The molecule has 1 aliphatic rings. The summed E-state index contributed by atoms with van der Waals surface area (Å²) in [5.41, 5.74) is 3.04. The number of hydrogen-bond donors (Lipinski definition) is 1. The summed E-state index contributed by atoms with van der Waals surface area (Å²) in [5, 5.41) is 14.1. The molecule has 0 spiro atoms. The van der Waals surface area contributed by atoms with Crippen molar-refractivity contribution in [1.82, 2.24) is 9.78 Å². The third-order valence-corrected chi connectivity index (χ3v) is 6.52. The van der Waals surface area contributed by atoms with Crippen LogP contribution in [0.15, 0.2) is 65.5 Å². The highest BCUT2D eigenvalue weighted by Gasteiger charge is 2.23. The molecule has 2 aromatic carbocycles. The molecule has 1 N–H and O–H groups in total. The van der Waals surface area contributed by atoms with E-state index in [4.69, 9.17) is 26.5 Å². The van der Waals surface area contributed by atoms with Gasteiger partial charge in [-0.25, -0.2) is 9.48 Å². The Morgan fingerprint density at radius 2 is 1.67 bits per heavy atom. The molecule has 4 rings (SSSR count). The standard InChI is InChI=1S/C26H27ClN2O4/c27-23-9-5-4-8-21(23)22-14-24(30)29(28-26(22)20-6-2-1-3-7-20)15-18-10-12-19(13-11-18)16-33-17-25(31)32/h1-9,14,18-19H,10-13,15-17H2,(H,31,32)/t18-,19-. The van der Waals surface area contributed by atoms with E-state index in [1.54, 1.807) is 10.7 Å². The van der Waals surface area contributed by atoms with Gasteiger partial charge in [-0.05, 0) is 43.6 Å². The maximum Gasteiger partial charge on any atom is 0.329 e. The lowest BCUT2D eigenvalue weighted by Crippen LogP contribution is -2.29. The Labute approximate surface area is 197 Å². The van der Waals surface area contributed by atoms with Gasteiger partial charge in [0.15, 0.2) is 0 Å². The fraction of sp³-hybridized carbons (Fsp3) is 0.346. The van der Waals surface area contributed by atoms with Crippen LogP contribution in [0.3, 0.4) is 0 Å². The minimum Gasteiger partial charge on any atom is -0.480 e. The van der Waals surface area contributed by atoms with Gasteiger partial charge in [0.1, 0.15) is 6.61 Å². The highest BCUT2D eigenvalue weighted by Crippen LogP contribution is 2.34. The molecule has 0 aliphatic heterocycles. The SMILES string of the molecule is O=C(O)COC[C@H]1CC[C@H](Cn2nc(-c3ccccc3)c(-c3ccccc3Cl)cc2=O)CC1. The van der Waals surface area contributed by atoms with Crippen molar-refractivity contribution in [3.63, 3.8) is 0 Å². The topological polar surface area (TPSA) is 81.4 Å². The molecule has 0 amide bonds. The van der Waals surface area contributed by atoms with Crippen LogP contribution >= 0.6 is 11.6 Å². The van der Waals surface area contributed by atoms with Crippen LogP contribution in [0.4, 0.5) is 0 Å². The summed E-state index contributed by atoms with van der Waals surface area (Å²) >= 11 is 6.45. The van der Waals surface area contributed by atoms with E-state index < -0.39 is 5.97 Å². The van der Waals surface area contributed by atoms with Gasteiger partial charge in [-0.15, -0.1) is 0 Å². The highest BCUT2D eigenvalue weighted by molar-refractivity contribution is 6.33. The fourth-order valence-electron chi connectivity index (χ4n) is 4.45. The van der Waals surface area contributed by atoms with Crippen molar-refractivity contribution in [2.75, 3.05) is 13.2 Å². The molecular formula is C26H27ClN2O4. The van der Waals surface area contributed by atoms with E-state index in [9.17, 15) is 9.59 Å². The van der Waals surface area contributed by atoms with Crippen molar-refractivity contribution in [2.45, 2.75) is 32.2 Å². The zero-order chi connectivity index (χ0) is 23.2. The van der Waals surface area contributed by atoms with Gasteiger partial charge in [-0.1, -0.05) is 60.1 Å². The minimum absolute atomic E-state index is 0.142. The Hall–Kier alpha value is -2.96. The van der Waals surface area contributed by atoms with Crippen LogP contribution in [0.5, 0.6) is 0 Å². The predicted octanol–water partition coefficient (Wildman–Crippen LogP) is 5.14. The van der Waals surface area contributed by atoms with Crippen molar-refractivity contribution in [2.24, 2.45) is 11.8 Å². The molecule has 6 nitrogen and oxygen atoms in total. The molecule has 7 heteroatoms. The molecule has 1 aliphatic carbocycles. The molecule has 0 unspecified atom stereocenters. The van der Waals surface area contributed by atoms with E-state index in [-0.39, 0.29) is 12.2 Å². The van der Waals surface area contributed by atoms with Crippen LogP contribution in [0, 0.1) is 11.8 Å². The molecule has 0 saturated heterocycles. The molecule has 0 atom stereocenters. The van der Waals surface area contributed by atoms with E-state index in [0.29, 0.717) is 30.0 Å². The molecule has 33 heavy (non-hydrogen) atoms. The highest BCUT2D eigenvalue weighted by atomic mass is 35.5. The summed E-state index contributed by atoms with van der Waals surface area (Å²) in [5.74, 6) is -0.225. The first-order valence-electron chi connectivity index (χ1n) is 11.2. The summed E-state index contributed by atoms with van der Waals surface area (Å²) in [7, 11) is 0. The molecule has 0 radical (unpaired) electrons. The minimum atomic E-state index is -0.941. The number of halogens is 1. The van der Waals surface area contributed by atoms with Gasteiger partial charge >= 0.3 is 5.97 Å². The van der Waals surface area contributed by atoms with E-state index >= 15 is 0 Å². The normalized spacial score (nSPS) is 18.2. The Balaban J connectivity index is 1.55. The smallest absolute Gasteiger partial charge is 0.329 e. The predicted molar refractivity (Wildman–Crippen MR) is 128 cm³/mol. The zero-order valence-electron chi connectivity index (χ0n) is 18.3. The summed E-state index contributed by atoms with van der Waals surface area (Å²) in [4.78, 5) is 23.7. The van der Waals surface area contributed by atoms with E-state index in [1.807, 2.05) is 54.6 Å². The van der Waals surface area contributed by atoms with Crippen molar-refractivity contribution in [1.29, 1.82) is 0 Å². The maximum absolute atomic E-state index is 13.0. The molecule has 1 heterocycles. The Kier molecular flexibility index (Phi) is 7.57. The van der Waals surface area contributed by atoms with E-state index in [0.717, 1.165) is 48.1 Å². The number of rotatable bonds is 8. The lowest BCUT2D eigenvalue weighted by molar-refractivity contribution is -0.142. The van der Waals surface area contributed by atoms with Gasteiger partial charge in [0, 0.05) is 34.3 Å². The second-order valence-corrected chi connectivity index (χ2v) is 8.98. The van der Waals surface area contributed by atoms with Crippen LogP contribution in [-0.2, 0) is 16.1 Å². The number of ether oxygens (including phenoxy) is 1. The number of aliphatic carboxylic acids is 1. The van der Waals surface area contributed by atoms with E-state index in [2.05, 4.69) is 0 Å². The Morgan fingerprint density at radius 1 is 1.00 bits per heavy atom. The third kappa shape index (κ3) is 5.89. The zero-order valence-corrected chi connectivity index (χ0v) is 19.1. The summed E-state index contributed by atoms with van der Waals surface area (Å²) < 4.78 is 6.84. The molecule has 0 bridgehead atoms. The second kappa shape index (κ2) is 10.8. The van der Waals surface area contributed by atoms with E-state index in [1.165, 1.54) is 0 Å².